The lowest BCUT2D eigenvalue weighted by molar-refractivity contribution is -0.121. The highest BCUT2D eigenvalue weighted by Gasteiger charge is 2.45. The van der Waals surface area contributed by atoms with Crippen LogP contribution in [0.2, 0.25) is 0 Å². The number of benzene rings is 1. The van der Waals surface area contributed by atoms with E-state index in [0.717, 1.165) is 24.1 Å². The summed E-state index contributed by atoms with van der Waals surface area (Å²) in [7, 11) is 0. The van der Waals surface area contributed by atoms with Crippen molar-refractivity contribution in [1.82, 2.24) is 0 Å². The molecule has 1 heterocycles. The zero-order valence-electron chi connectivity index (χ0n) is 9.50. The molecule has 1 aromatic rings. The SMILES string of the molecule is CCC1(CC)C(=O)Nc2cccc(C#N)c21. The van der Waals surface area contributed by atoms with Gasteiger partial charge >= 0.3 is 0 Å². The second-order valence-corrected chi connectivity index (χ2v) is 4.08. The van der Waals surface area contributed by atoms with E-state index in [1.54, 1.807) is 12.1 Å². The maximum Gasteiger partial charge on any atom is 0.235 e. The third-order valence-corrected chi connectivity index (χ3v) is 3.55. The molecule has 1 aliphatic heterocycles. The van der Waals surface area contributed by atoms with Crippen molar-refractivity contribution in [2.24, 2.45) is 0 Å². The molecule has 0 saturated heterocycles. The fraction of sp³-hybridized carbons (Fsp3) is 0.385. The molecule has 0 aliphatic carbocycles. The number of nitrogens with one attached hydrogen (secondary N) is 1. The number of hydrogen-bond acceptors (Lipinski definition) is 2. The molecule has 1 amide bonds. The molecule has 0 unspecified atom stereocenters. The molecule has 82 valence electrons. The van der Waals surface area contributed by atoms with Crippen LogP contribution >= 0.6 is 0 Å². The Bertz CT molecular complexity index is 481. The van der Waals surface area contributed by atoms with Crippen LogP contribution in [0, 0.1) is 11.3 Å². The Morgan fingerprint density at radius 2 is 2.06 bits per heavy atom. The molecule has 0 radical (unpaired) electrons. The summed E-state index contributed by atoms with van der Waals surface area (Å²) in [4.78, 5) is 12.1. The minimum absolute atomic E-state index is 0.0233. The first-order chi connectivity index (χ1) is 7.69. The quantitative estimate of drug-likeness (QED) is 0.822. The largest absolute Gasteiger partial charge is 0.325 e. The van der Waals surface area contributed by atoms with E-state index in [4.69, 9.17) is 5.26 Å². The third kappa shape index (κ3) is 1.16. The summed E-state index contributed by atoms with van der Waals surface area (Å²) in [6.45, 7) is 3.98. The molecule has 0 saturated carbocycles. The lowest BCUT2D eigenvalue weighted by Gasteiger charge is -2.24. The molecule has 0 atom stereocenters. The van der Waals surface area contributed by atoms with Gasteiger partial charge in [-0.3, -0.25) is 4.79 Å². The van der Waals surface area contributed by atoms with Crippen LogP contribution in [0.3, 0.4) is 0 Å². The number of anilines is 1. The Balaban J connectivity index is 2.72. The number of fused-ring (bicyclic) bond motifs is 1. The van der Waals surface area contributed by atoms with Gasteiger partial charge < -0.3 is 5.32 Å². The van der Waals surface area contributed by atoms with Gasteiger partial charge in [0.1, 0.15) is 0 Å². The molecular weight excluding hydrogens is 200 g/mol. The number of carbonyl (C=O) groups excluding carboxylic acids is 1. The lowest BCUT2D eigenvalue weighted by Crippen LogP contribution is -2.33. The molecule has 1 aliphatic rings. The highest BCUT2D eigenvalue weighted by Crippen LogP contribution is 2.44. The monoisotopic (exact) mass is 214 g/mol. The van der Waals surface area contributed by atoms with Crippen molar-refractivity contribution in [2.75, 3.05) is 5.32 Å². The second kappa shape index (κ2) is 3.64. The molecule has 16 heavy (non-hydrogen) atoms. The molecule has 3 nitrogen and oxygen atoms in total. The van der Waals surface area contributed by atoms with Gasteiger partial charge in [-0.2, -0.15) is 5.26 Å². The predicted octanol–water partition coefficient (Wildman–Crippen LogP) is 2.57. The Morgan fingerprint density at radius 1 is 1.38 bits per heavy atom. The van der Waals surface area contributed by atoms with Crippen molar-refractivity contribution < 1.29 is 4.79 Å². The molecular formula is C13H14N2O. The van der Waals surface area contributed by atoms with Crippen molar-refractivity contribution in [1.29, 1.82) is 5.26 Å². The van der Waals surface area contributed by atoms with E-state index in [1.165, 1.54) is 0 Å². The Labute approximate surface area is 95.1 Å². The van der Waals surface area contributed by atoms with Crippen molar-refractivity contribution in [2.45, 2.75) is 32.1 Å². The zero-order chi connectivity index (χ0) is 11.8. The molecule has 1 aromatic carbocycles. The molecule has 1 N–H and O–H groups in total. The van der Waals surface area contributed by atoms with E-state index >= 15 is 0 Å². The molecule has 0 bridgehead atoms. The van der Waals surface area contributed by atoms with Gasteiger partial charge in [-0.05, 0) is 25.0 Å². The van der Waals surface area contributed by atoms with Gasteiger partial charge in [0.05, 0.1) is 17.0 Å². The first-order valence-corrected chi connectivity index (χ1v) is 5.54. The van der Waals surface area contributed by atoms with Gasteiger partial charge in [-0.1, -0.05) is 19.9 Å². The van der Waals surface area contributed by atoms with Crippen molar-refractivity contribution >= 4 is 11.6 Å². The number of hydrogen-bond donors (Lipinski definition) is 1. The van der Waals surface area contributed by atoms with Crippen LogP contribution in [0.4, 0.5) is 5.69 Å². The average molecular weight is 214 g/mol. The van der Waals surface area contributed by atoms with Gasteiger partial charge in [0.15, 0.2) is 0 Å². The lowest BCUT2D eigenvalue weighted by atomic mass is 9.75. The van der Waals surface area contributed by atoms with Gasteiger partial charge in [-0.15, -0.1) is 0 Å². The van der Waals surface area contributed by atoms with Crippen molar-refractivity contribution in [3.05, 3.63) is 29.3 Å². The smallest absolute Gasteiger partial charge is 0.235 e. The topological polar surface area (TPSA) is 52.9 Å². The van der Waals surface area contributed by atoms with Crippen LogP contribution in [0.25, 0.3) is 0 Å². The summed E-state index contributed by atoms with van der Waals surface area (Å²) in [6, 6.07) is 7.62. The highest BCUT2D eigenvalue weighted by molar-refractivity contribution is 6.07. The number of amides is 1. The van der Waals surface area contributed by atoms with Crippen LogP contribution in [-0.2, 0) is 10.2 Å². The van der Waals surface area contributed by atoms with E-state index in [0.29, 0.717) is 5.56 Å². The van der Waals surface area contributed by atoms with E-state index in [1.807, 2.05) is 19.9 Å². The summed E-state index contributed by atoms with van der Waals surface area (Å²) < 4.78 is 0. The van der Waals surface area contributed by atoms with E-state index < -0.39 is 5.41 Å². The van der Waals surface area contributed by atoms with Crippen molar-refractivity contribution in [3.63, 3.8) is 0 Å². The summed E-state index contributed by atoms with van der Waals surface area (Å²) in [5.74, 6) is 0.0233. The van der Waals surface area contributed by atoms with Crippen molar-refractivity contribution in [3.8, 4) is 6.07 Å². The van der Waals surface area contributed by atoms with Gasteiger partial charge in [0, 0.05) is 11.3 Å². The van der Waals surface area contributed by atoms with Gasteiger partial charge in [0.2, 0.25) is 5.91 Å². The number of rotatable bonds is 2. The Morgan fingerprint density at radius 3 is 2.62 bits per heavy atom. The van der Waals surface area contributed by atoms with Crippen LogP contribution < -0.4 is 5.32 Å². The molecule has 0 aromatic heterocycles. The Kier molecular flexibility index (Phi) is 2.43. The molecule has 2 rings (SSSR count). The van der Waals surface area contributed by atoms with E-state index in [-0.39, 0.29) is 5.91 Å². The van der Waals surface area contributed by atoms with Crippen LogP contribution in [0.15, 0.2) is 18.2 Å². The normalized spacial score (nSPS) is 16.4. The molecule has 0 spiro atoms. The molecule has 0 fully saturated rings. The fourth-order valence-electron chi connectivity index (χ4n) is 2.55. The minimum Gasteiger partial charge on any atom is -0.325 e. The summed E-state index contributed by atoms with van der Waals surface area (Å²) >= 11 is 0. The third-order valence-electron chi connectivity index (χ3n) is 3.55. The standard InChI is InChI=1S/C13H14N2O/c1-3-13(4-2)11-9(8-14)6-5-7-10(11)15-12(13)16/h5-7H,3-4H2,1-2H3,(H,15,16). The summed E-state index contributed by atoms with van der Waals surface area (Å²) in [6.07, 6.45) is 1.45. The first-order valence-electron chi connectivity index (χ1n) is 5.54. The summed E-state index contributed by atoms with van der Waals surface area (Å²) in [5.41, 5.74) is 1.78. The van der Waals surface area contributed by atoms with E-state index in [9.17, 15) is 4.79 Å². The van der Waals surface area contributed by atoms with E-state index in [2.05, 4.69) is 11.4 Å². The summed E-state index contributed by atoms with van der Waals surface area (Å²) in [5, 5.41) is 12.0. The van der Waals surface area contributed by atoms with Crippen LogP contribution in [0.1, 0.15) is 37.8 Å². The average Bonchev–Trinajstić information content (AvgIpc) is 2.61. The zero-order valence-corrected chi connectivity index (χ0v) is 9.50. The fourth-order valence-corrected chi connectivity index (χ4v) is 2.55. The van der Waals surface area contributed by atoms with Crippen LogP contribution in [0.5, 0.6) is 0 Å². The van der Waals surface area contributed by atoms with Gasteiger partial charge in [0.25, 0.3) is 0 Å². The number of nitriles is 1. The van der Waals surface area contributed by atoms with Gasteiger partial charge in [-0.25, -0.2) is 0 Å². The highest BCUT2D eigenvalue weighted by atomic mass is 16.2. The Hall–Kier alpha value is -1.82. The maximum absolute atomic E-state index is 12.1. The maximum atomic E-state index is 12.1. The molecule has 3 heteroatoms. The first kappa shape index (κ1) is 10.7. The predicted molar refractivity (Wildman–Crippen MR) is 62.0 cm³/mol. The number of nitrogens with zero attached hydrogens (tertiary/aromatic N) is 1. The minimum atomic E-state index is -0.512. The van der Waals surface area contributed by atoms with Crippen LogP contribution in [-0.4, -0.2) is 5.91 Å². The second-order valence-electron chi connectivity index (χ2n) is 4.08. The number of carbonyl (C=O) groups is 1.